The molecule has 0 saturated carbocycles. The van der Waals surface area contributed by atoms with Gasteiger partial charge in [-0.25, -0.2) is 9.97 Å². The van der Waals surface area contributed by atoms with E-state index in [2.05, 4.69) is 27.4 Å². The second-order valence-corrected chi connectivity index (χ2v) is 6.61. The van der Waals surface area contributed by atoms with E-state index in [1.54, 1.807) is 31.2 Å². The van der Waals surface area contributed by atoms with Crippen molar-refractivity contribution in [2.45, 2.75) is 31.2 Å². The number of benzene rings is 1. The number of phenolic OH excluding ortho intramolecular Hbond substituents is 1. The Kier molecular flexibility index (Phi) is 5.81. The van der Waals surface area contributed by atoms with Crippen LogP contribution in [0.5, 0.6) is 5.75 Å². The van der Waals surface area contributed by atoms with Crippen LogP contribution in [-0.2, 0) is 4.79 Å². The van der Waals surface area contributed by atoms with E-state index in [-0.39, 0.29) is 11.7 Å². The SMILES string of the molecule is C=C(NNC(=O)C(C)Sc1nc(C)cc(C)n1)c1ccccc1O. The summed E-state index contributed by atoms with van der Waals surface area (Å²) in [6, 6.07) is 8.64. The maximum Gasteiger partial charge on any atom is 0.251 e. The van der Waals surface area contributed by atoms with Crippen molar-refractivity contribution in [3.63, 3.8) is 0 Å². The molecule has 0 aliphatic carbocycles. The Morgan fingerprint density at radius 2 is 1.83 bits per heavy atom. The van der Waals surface area contributed by atoms with Gasteiger partial charge in [-0.2, -0.15) is 0 Å². The molecule has 0 fully saturated rings. The fourth-order valence-electron chi connectivity index (χ4n) is 1.99. The lowest BCUT2D eigenvalue weighted by Crippen LogP contribution is -2.40. The summed E-state index contributed by atoms with van der Waals surface area (Å²) in [4.78, 5) is 20.8. The molecule has 0 spiro atoms. The number of aromatic nitrogens is 2. The van der Waals surface area contributed by atoms with Crippen LogP contribution in [0, 0.1) is 13.8 Å². The highest BCUT2D eigenvalue weighted by Crippen LogP contribution is 2.22. The van der Waals surface area contributed by atoms with Gasteiger partial charge in [0.05, 0.1) is 10.9 Å². The number of hydrogen-bond acceptors (Lipinski definition) is 6. The first-order valence-corrected chi connectivity index (χ1v) is 8.27. The summed E-state index contributed by atoms with van der Waals surface area (Å²) in [5.41, 5.74) is 7.96. The summed E-state index contributed by atoms with van der Waals surface area (Å²) in [5, 5.41) is 9.94. The van der Waals surface area contributed by atoms with Crippen LogP contribution in [0.1, 0.15) is 23.9 Å². The zero-order chi connectivity index (χ0) is 17.7. The molecule has 0 bridgehead atoms. The molecule has 1 heterocycles. The summed E-state index contributed by atoms with van der Waals surface area (Å²) in [7, 11) is 0. The van der Waals surface area contributed by atoms with Gasteiger partial charge in [-0.15, -0.1) is 0 Å². The fraction of sp³-hybridized carbons (Fsp3) is 0.235. The van der Waals surface area contributed by atoms with Crippen molar-refractivity contribution in [1.29, 1.82) is 0 Å². The standard InChI is InChI=1S/C17H20N4O2S/c1-10-9-11(2)19-17(18-10)24-13(4)16(23)21-20-12(3)14-7-5-6-8-15(14)22/h5-9,13,20,22H,3H2,1-2,4H3,(H,21,23). The number of amides is 1. The quantitative estimate of drug-likeness (QED) is 0.424. The van der Waals surface area contributed by atoms with E-state index in [9.17, 15) is 9.90 Å². The molecule has 0 aliphatic heterocycles. The maximum atomic E-state index is 12.2. The van der Waals surface area contributed by atoms with Gasteiger partial charge in [0.15, 0.2) is 5.16 Å². The molecular formula is C17H20N4O2S. The van der Waals surface area contributed by atoms with Crippen molar-refractivity contribution < 1.29 is 9.90 Å². The minimum absolute atomic E-state index is 0.0929. The van der Waals surface area contributed by atoms with E-state index >= 15 is 0 Å². The first-order valence-electron chi connectivity index (χ1n) is 7.39. The highest BCUT2D eigenvalue weighted by Gasteiger charge is 2.16. The molecule has 3 N–H and O–H groups in total. The van der Waals surface area contributed by atoms with Crippen molar-refractivity contribution in [3.8, 4) is 5.75 Å². The third-order valence-electron chi connectivity index (χ3n) is 3.18. The number of hydrogen-bond donors (Lipinski definition) is 3. The zero-order valence-electron chi connectivity index (χ0n) is 13.8. The summed E-state index contributed by atoms with van der Waals surface area (Å²) in [6.45, 7) is 9.36. The number of nitrogens with one attached hydrogen (secondary N) is 2. The van der Waals surface area contributed by atoms with Gasteiger partial charge in [-0.05, 0) is 39.0 Å². The third kappa shape index (κ3) is 4.73. The van der Waals surface area contributed by atoms with Gasteiger partial charge < -0.3 is 5.11 Å². The lowest BCUT2D eigenvalue weighted by atomic mass is 10.1. The van der Waals surface area contributed by atoms with Crippen LogP contribution in [0.4, 0.5) is 0 Å². The van der Waals surface area contributed by atoms with Crippen molar-refractivity contribution >= 4 is 23.4 Å². The zero-order valence-corrected chi connectivity index (χ0v) is 14.6. The molecule has 24 heavy (non-hydrogen) atoms. The highest BCUT2D eigenvalue weighted by molar-refractivity contribution is 8.00. The molecular weight excluding hydrogens is 324 g/mol. The topological polar surface area (TPSA) is 87.1 Å². The van der Waals surface area contributed by atoms with Crippen molar-refractivity contribution in [3.05, 3.63) is 53.9 Å². The Balaban J connectivity index is 1.92. The van der Waals surface area contributed by atoms with Crippen LogP contribution >= 0.6 is 11.8 Å². The van der Waals surface area contributed by atoms with Crippen LogP contribution in [0.3, 0.4) is 0 Å². The number of thioether (sulfide) groups is 1. The molecule has 0 radical (unpaired) electrons. The lowest BCUT2D eigenvalue weighted by molar-refractivity contribution is -0.120. The number of aryl methyl sites for hydroxylation is 2. The summed E-state index contributed by atoms with van der Waals surface area (Å²) in [5.74, 6) is -0.144. The smallest absolute Gasteiger partial charge is 0.251 e. The Bertz CT molecular complexity index is 744. The van der Waals surface area contributed by atoms with E-state index in [1.165, 1.54) is 11.8 Å². The van der Waals surface area contributed by atoms with Gasteiger partial charge in [-0.1, -0.05) is 30.5 Å². The van der Waals surface area contributed by atoms with Gasteiger partial charge in [-0.3, -0.25) is 15.6 Å². The second-order valence-electron chi connectivity index (χ2n) is 5.30. The molecule has 1 atom stereocenters. The summed E-state index contributed by atoms with van der Waals surface area (Å²) in [6.07, 6.45) is 0. The Morgan fingerprint density at radius 1 is 1.21 bits per heavy atom. The number of carbonyl (C=O) groups excluding carboxylic acids is 1. The van der Waals surface area contributed by atoms with E-state index in [4.69, 9.17) is 0 Å². The average Bonchev–Trinajstić information content (AvgIpc) is 2.51. The molecule has 126 valence electrons. The fourth-order valence-corrected chi connectivity index (χ4v) is 2.87. The number of nitrogens with zero attached hydrogens (tertiary/aromatic N) is 2. The summed E-state index contributed by atoms with van der Waals surface area (Å²) >= 11 is 1.28. The normalized spacial score (nSPS) is 11.6. The van der Waals surface area contributed by atoms with Crippen LogP contribution in [-0.4, -0.2) is 26.2 Å². The maximum absolute atomic E-state index is 12.2. The van der Waals surface area contributed by atoms with Crippen LogP contribution in [0.2, 0.25) is 0 Å². The minimum atomic E-state index is -0.393. The molecule has 1 amide bonds. The number of para-hydroxylation sites is 1. The molecule has 2 aromatic rings. The number of aromatic hydroxyl groups is 1. The van der Waals surface area contributed by atoms with E-state index < -0.39 is 5.25 Å². The molecule has 1 aromatic carbocycles. The number of rotatable bonds is 6. The second kappa shape index (κ2) is 7.83. The summed E-state index contributed by atoms with van der Waals surface area (Å²) < 4.78 is 0. The number of hydrazine groups is 1. The van der Waals surface area contributed by atoms with E-state index in [0.717, 1.165) is 11.4 Å². The molecule has 0 aliphatic rings. The van der Waals surface area contributed by atoms with Crippen molar-refractivity contribution in [2.75, 3.05) is 0 Å². The predicted octanol–water partition coefficient (Wildman–Crippen LogP) is 2.57. The van der Waals surface area contributed by atoms with Crippen molar-refractivity contribution in [2.24, 2.45) is 0 Å². The van der Waals surface area contributed by atoms with Crippen molar-refractivity contribution in [1.82, 2.24) is 20.8 Å². The Labute approximate surface area is 145 Å². The van der Waals surface area contributed by atoms with Gasteiger partial charge in [0, 0.05) is 17.0 Å². The van der Waals surface area contributed by atoms with Gasteiger partial charge in [0.1, 0.15) is 5.75 Å². The Morgan fingerprint density at radius 3 is 2.46 bits per heavy atom. The lowest BCUT2D eigenvalue weighted by Gasteiger charge is -2.15. The van der Waals surface area contributed by atoms with Crippen LogP contribution in [0.25, 0.3) is 5.70 Å². The third-order valence-corrected chi connectivity index (χ3v) is 4.14. The largest absolute Gasteiger partial charge is 0.507 e. The monoisotopic (exact) mass is 344 g/mol. The number of carbonyl (C=O) groups is 1. The van der Waals surface area contributed by atoms with Crippen LogP contribution < -0.4 is 10.9 Å². The molecule has 1 unspecified atom stereocenters. The molecule has 1 aromatic heterocycles. The van der Waals surface area contributed by atoms with Gasteiger partial charge in [0.25, 0.3) is 5.91 Å². The first kappa shape index (κ1) is 17.8. The Hall–Kier alpha value is -2.54. The van der Waals surface area contributed by atoms with E-state index in [0.29, 0.717) is 16.4 Å². The first-order chi connectivity index (χ1) is 11.4. The minimum Gasteiger partial charge on any atom is -0.507 e. The molecule has 6 nitrogen and oxygen atoms in total. The molecule has 2 rings (SSSR count). The highest BCUT2D eigenvalue weighted by atomic mass is 32.2. The van der Waals surface area contributed by atoms with Crippen LogP contribution in [0.15, 0.2) is 42.1 Å². The molecule has 7 heteroatoms. The van der Waals surface area contributed by atoms with Gasteiger partial charge in [0.2, 0.25) is 0 Å². The van der Waals surface area contributed by atoms with E-state index in [1.807, 2.05) is 19.9 Å². The predicted molar refractivity (Wildman–Crippen MR) is 95.2 cm³/mol. The molecule has 0 saturated heterocycles. The van der Waals surface area contributed by atoms with Gasteiger partial charge >= 0.3 is 0 Å². The number of phenols is 1. The average molecular weight is 344 g/mol.